The Kier molecular flexibility index (Phi) is 5.49. The van der Waals surface area contributed by atoms with Gasteiger partial charge in [0.2, 0.25) is 0 Å². The molecule has 0 aromatic heterocycles. The fraction of sp³-hybridized carbons (Fsp3) is 0.455. The predicted octanol–water partition coefficient (Wildman–Crippen LogP) is 0.834. The van der Waals surface area contributed by atoms with Crippen LogP contribution >= 0.6 is 11.6 Å². The average molecular weight is 290 g/mol. The number of aliphatic hydroxyl groups excluding tert-OH is 2. The molecule has 0 aliphatic heterocycles. The van der Waals surface area contributed by atoms with Crippen LogP contribution < -0.4 is 11.1 Å². The zero-order valence-electron chi connectivity index (χ0n) is 10.3. The maximum absolute atomic E-state index is 10.8. The number of nitrogens with zero attached hydrogens (tertiary/aromatic N) is 1. The largest absolute Gasteiger partial charge is 0.393 e. The first-order chi connectivity index (χ1) is 8.88. The van der Waals surface area contributed by atoms with E-state index in [9.17, 15) is 20.3 Å². The molecule has 0 fully saturated rings. The third-order valence-corrected chi connectivity index (χ3v) is 3.04. The SMILES string of the molecule is CNCCC(O)C(O)c1cc([N+](=O)[O-])c(N)cc1Cl. The number of nitro benzene ring substituents is 1. The van der Waals surface area contributed by atoms with Crippen LogP contribution in [-0.2, 0) is 0 Å². The summed E-state index contributed by atoms with van der Waals surface area (Å²) in [6.07, 6.45) is -2.10. The lowest BCUT2D eigenvalue weighted by atomic mass is 10.0. The quantitative estimate of drug-likeness (QED) is 0.350. The van der Waals surface area contributed by atoms with Gasteiger partial charge in [-0.1, -0.05) is 11.6 Å². The number of hydrogen-bond acceptors (Lipinski definition) is 6. The van der Waals surface area contributed by atoms with Gasteiger partial charge in [0, 0.05) is 16.7 Å². The van der Waals surface area contributed by atoms with Crippen molar-refractivity contribution in [2.24, 2.45) is 0 Å². The summed E-state index contributed by atoms with van der Waals surface area (Å²) in [6, 6.07) is 2.29. The Bertz CT molecular complexity index is 469. The Balaban J connectivity index is 3.05. The van der Waals surface area contributed by atoms with Crippen LogP contribution in [0.3, 0.4) is 0 Å². The standard InChI is InChI=1S/C11H16ClN3O4/c1-14-3-2-10(16)11(17)6-4-9(15(18)19)8(13)5-7(6)12/h4-5,10-11,14,16-17H,2-3,13H2,1H3. The third kappa shape index (κ3) is 3.77. The van der Waals surface area contributed by atoms with Crippen LogP contribution in [-0.4, -0.2) is 34.8 Å². The van der Waals surface area contributed by atoms with Gasteiger partial charge in [0.1, 0.15) is 11.8 Å². The molecular formula is C11H16ClN3O4. The summed E-state index contributed by atoms with van der Waals surface area (Å²) in [5, 5.41) is 33.4. The van der Waals surface area contributed by atoms with Crippen molar-refractivity contribution in [2.75, 3.05) is 19.3 Å². The van der Waals surface area contributed by atoms with Crippen molar-refractivity contribution in [3.63, 3.8) is 0 Å². The molecule has 0 saturated carbocycles. The minimum Gasteiger partial charge on any atom is -0.393 e. The lowest BCUT2D eigenvalue weighted by Gasteiger charge is -2.19. The molecule has 0 aliphatic carbocycles. The van der Waals surface area contributed by atoms with E-state index in [-0.39, 0.29) is 28.4 Å². The molecule has 0 bridgehead atoms. The number of nitrogen functional groups attached to an aromatic ring is 1. The van der Waals surface area contributed by atoms with Crippen LogP contribution in [0.15, 0.2) is 12.1 Å². The van der Waals surface area contributed by atoms with E-state index in [0.29, 0.717) is 6.54 Å². The topological polar surface area (TPSA) is 122 Å². The van der Waals surface area contributed by atoms with Gasteiger partial charge in [0.25, 0.3) is 5.69 Å². The summed E-state index contributed by atoms with van der Waals surface area (Å²) in [7, 11) is 1.71. The molecule has 2 atom stereocenters. The Hall–Kier alpha value is -1.41. The fourth-order valence-electron chi connectivity index (χ4n) is 1.64. The second-order valence-corrected chi connectivity index (χ2v) is 4.50. The number of halogens is 1. The van der Waals surface area contributed by atoms with Gasteiger partial charge < -0.3 is 21.3 Å². The number of nitrogens with one attached hydrogen (secondary N) is 1. The maximum atomic E-state index is 10.8. The number of rotatable bonds is 6. The van der Waals surface area contributed by atoms with E-state index in [2.05, 4.69) is 5.32 Å². The minimum absolute atomic E-state index is 0.0825. The van der Waals surface area contributed by atoms with Crippen LogP contribution in [0, 0.1) is 10.1 Å². The molecule has 0 aliphatic rings. The lowest BCUT2D eigenvalue weighted by molar-refractivity contribution is -0.384. The van der Waals surface area contributed by atoms with Gasteiger partial charge in [0.05, 0.1) is 11.0 Å². The molecular weight excluding hydrogens is 274 g/mol. The molecule has 0 spiro atoms. The minimum atomic E-state index is -1.31. The van der Waals surface area contributed by atoms with Crippen LogP contribution in [0.25, 0.3) is 0 Å². The number of benzene rings is 1. The molecule has 0 radical (unpaired) electrons. The van der Waals surface area contributed by atoms with Crippen molar-refractivity contribution in [2.45, 2.75) is 18.6 Å². The van der Waals surface area contributed by atoms with Gasteiger partial charge in [-0.15, -0.1) is 0 Å². The number of hydrogen-bond donors (Lipinski definition) is 4. The average Bonchev–Trinajstić information content (AvgIpc) is 2.34. The summed E-state index contributed by atoms with van der Waals surface area (Å²) in [4.78, 5) is 10.1. The van der Waals surface area contributed by atoms with Crippen LogP contribution in [0.1, 0.15) is 18.1 Å². The van der Waals surface area contributed by atoms with E-state index in [4.69, 9.17) is 17.3 Å². The number of nitrogens with two attached hydrogens (primary N) is 1. The monoisotopic (exact) mass is 289 g/mol. The van der Waals surface area contributed by atoms with Gasteiger partial charge in [-0.25, -0.2) is 0 Å². The van der Waals surface area contributed by atoms with Crippen LogP contribution in [0.4, 0.5) is 11.4 Å². The summed E-state index contributed by atoms with van der Waals surface area (Å²) >= 11 is 5.89. The van der Waals surface area contributed by atoms with Gasteiger partial charge in [0.15, 0.2) is 0 Å². The zero-order valence-corrected chi connectivity index (χ0v) is 11.1. The molecule has 106 valence electrons. The molecule has 0 heterocycles. The highest BCUT2D eigenvalue weighted by atomic mass is 35.5. The summed E-state index contributed by atoms with van der Waals surface area (Å²) < 4.78 is 0. The van der Waals surface area contributed by atoms with Gasteiger partial charge in [-0.2, -0.15) is 0 Å². The molecule has 0 amide bonds. The zero-order chi connectivity index (χ0) is 14.6. The molecule has 19 heavy (non-hydrogen) atoms. The second kappa shape index (κ2) is 6.67. The van der Waals surface area contributed by atoms with Gasteiger partial charge >= 0.3 is 0 Å². The highest BCUT2D eigenvalue weighted by Gasteiger charge is 2.24. The van der Waals surface area contributed by atoms with E-state index in [1.165, 1.54) is 6.07 Å². The lowest BCUT2D eigenvalue weighted by Crippen LogP contribution is -2.23. The Morgan fingerprint density at radius 1 is 1.53 bits per heavy atom. The molecule has 8 heteroatoms. The maximum Gasteiger partial charge on any atom is 0.292 e. The highest BCUT2D eigenvalue weighted by molar-refractivity contribution is 6.31. The van der Waals surface area contributed by atoms with Crippen molar-refractivity contribution in [1.82, 2.24) is 5.32 Å². The molecule has 1 aromatic rings. The van der Waals surface area contributed by atoms with Crippen molar-refractivity contribution < 1.29 is 15.1 Å². The van der Waals surface area contributed by atoms with Crippen LogP contribution in [0.2, 0.25) is 5.02 Å². The fourth-order valence-corrected chi connectivity index (χ4v) is 1.92. The normalized spacial score (nSPS) is 14.1. The van der Waals surface area contributed by atoms with Gasteiger partial charge in [-0.05, 0) is 26.1 Å². The molecule has 7 nitrogen and oxygen atoms in total. The number of nitro groups is 1. The molecule has 5 N–H and O–H groups in total. The van der Waals surface area contributed by atoms with E-state index in [0.717, 1.165) is 6.07 Å². The molecule has 1 aromatic carbocycles. The first-order valence-corrected chi connectivity index (χ1v) is 6.00. The van der Waals surface area contributed by atoms with Crippen LogP contribution in [0.5, 0.6) is 0 Å². The Labute approximate surface area is 115 Å². The second-order valence-electron chi connectivity index (χ2n) is 4.09. The predicted molar refractivity (Wildman–Crippen MR) is 72.0 cm³/mol. The van der Waals surface area contributed by atoms with E-state index in [1.54, 1.807) is 7.05 Å². The first-order valence-electron chi connectivity index (χ1n) is 5.62. The summed E-state index contributed by atoms with van der Waals surface area (Å²) in [5.74, 6) is 0. The van der Waals surface area contributed by atoms with E-state index in [1.807, 2.05) is 0 Å². The Morgan fingerprint density at radius 3 is 2.68 bits per heavy atom. The summed E-state index contributed by atoms with van der Waals surface area (Å²) in [5.41, 5.74) is 5.12. The first kappa shape index (κ1) is 15.6. The number of anilines is 1. The third-order valence-electron chi connectivity index (χ3n) is 2.72. The van der Waals surface area contributed by atoms with Crippen molar-refractivity contribution in [3.05, 3.63) is 32.8 Å². The molecule has 2 unspecified atom stereocenters. The highest BCUT2D eigenvalue weighted by Crippen LogP contribution is 2.34. The van der Waals surface area contributed by atoms with Gasteiger partial charge in [-0.3, -0.25) is 10.1 Å². The van der Waals surface area contributed by atoms with E-state index >= 15 is 0 Å². The van der Waals surface area contributed by atoms with Crippen molar-refractivity contribution >= 4 is 23.0 Å². The summed E-state index contributed by atoms with van der Waals surface area (Å²) in [6.45, 7) is 0.493. The van der Waals surface area contributed by atoms with Crippen molar-refractivity contribution in [1.29, 1.82) is 0 Å². The van der Waals surface area contributed by atoms with E-state index < -0.39 is 17.1 Å². The Morgan fingerprint density at radius 2 is 2.16 bits per heavy atom. The van der Waals surface area contributed by atoms with Crippen molar-refractivity contribution in [3.8, 4) is 0 Å². The molecule has 1 rings (SSSR count). The smallest absolute Gasteiger partial charge is 0.292 e. The molecule has 0 saturated heterocycles. The number of aliphatic hydroxyl groups is 2.